The molecule has 0 aliphatic heterocycles. The van der Waals surface area contributed by atoms with Crippen LogP contribution in [0.25, 0.3) is 0 Å². The normalized spacial score (nSPS) is 36.5. The molecule has 0 saturated heterocycles. The van der Waals surface area contributed by atoms with Gasteiger partial charge in [-0.2, -0.15) is 0 Å². The summed E-state index contributed by atoms with van der Waals surface area (Å²) < 4.78 is 0. The van der Waals surface area contributed by atoms with Crippen molar-refractivity contribution in [1.29, 1.82) is 0 Å². The third kappa shape index (κ3) is 2.64. The molecule has 3 unspecified atom stereocenters. The maximum absolute atomic E-state index is 11.8. The molecule has 2 N–H and O–H groups in total. The Balaban J connectivity index is 1.46. The summed E-state index contributed by atoms with van der Waals surface area (Å²) in [7, 11) is 0. The standard InChI is InChI=1S/C25H29ClO2/c1-24-11-9-18-19(8-7-17-13-23(27)22(26)14-20(17)18)21(24)10-12-25(24,28)15-16-5-3-2-4-6-16/h2-6,13-14,18-19,21,27-28H,7-12,15H2,1H3/t18?,19?,21?,24-,25+/m0/s1. The summed E-state index contributed by atoms with van der Waals surface area (Å²) in [6.07, 6.45) is 7.08. The lowest BCUT2D eigenvalue weighted by Gasteiger charge is -2.53. The van der Waals surface area contributed by atoms with Crippen LogP contribution in [0.15, 0.2) is 42.5 Å². The van der Waals surface area contributed by atoms with Crippen molar-refractivity contribution in [2.45, 2.75) is 63.4 Å². The minimum atomic E-state index is -0.614. The van der Waals surface area contributed by atoms with Crippen LogP contribution in [-0.4, -0.2) is 15.8 Å². The number of hydrogen-bond donors (Lipinski definition) is 2. The predicted molar refractivity (Wildman–Crippen MR) is 113 cm³/mol. The molecule has 3 heteroatoms. The molecule has 5 atom stereocenters. The SMILES string of the molecule is C[C@]12CCC3c4cc(Cl)c(O)cc4CCC3C1CC[C@@]2(O)Cc1ccccc1. The van der Waals surface area contributed by atoms with E-state index < -0.39 is 5.60 Å². The summed E-state index contributed by atoms with van der Waals surface area (Å²) in [6.45, 7) is 2.35. The highest BCUT2D eigenvalue weighted by Crippen LogP contribution is 2.65. The second-order valence-corrected chi connectivity index (χ2v) is 10.0. The van der Waals surface area contributed by atoms with Crippen molar-refractivity contribution in [3.63, 3.8) is 0 Å². The number of phenols is 1. The average molecular weight is 397 g/mol. The number of fused-ring (bicyclic) bond motifs is 5. The van der Waals surface area contributed by atoms with E-state index in [-0.39, 0.29) is 11.2 Å². The van der Waals surface area contributed by atoms with Crippen molar-refractivity contribution in [3.8, 4) is 5.75 Å². The minimum Gasteiger partial charge on any atom is -0.506 e. The molecule has 3 aliphatic carbocycles. The smallest absolute Gasteiger partial charge is 0.134 e. The van der Waals surface area contributed by atoms with E-state index in [0.29, 0.717) is 22.8 Å². The van der Waals surface area contributed by atoms with Crippen LogP contribution in [-0.2, 0) is 12.8 Å². The van der Waals surface area contributed by atoms with Crippen LogP contribution in [0, 0.1) is 17.3 Å². The van der Waals surface area contributed by atoms with Crippen LogP contribution in [0.3, 0.4) is 0 Å². The zero-order valence-electron chi connectivity index (χ0n) is 16.5. The van der Waals surface area contributed by atoms with Gasteiger partial charge in [0.05, 0.1) is 10.6 Å². The third-order valence-electron chi connectivity index (χ3n) is 8.45. The molecule has 28 heavy (non-hydrogen) atoms. The van der Waals surface area contributed by atoms with E-state index in [0.717, 1.165) is 44.9 Å². The molecule has 3 aliphatic rings. The Bertz CT molecular complexity index is 895. The van der Waals surface area contributed by atoms with Crippen LogP contribution in [0.1, 0.15) is 61.6 Å². The molecule has 0 heterocycles. The lowest BCUT2D eigenvalue weighted by atomic mass is 9.53. The Morgan fingerprint density at radius 1 is 1.07 bits per heavy atom. The van der Waals surface area contributed by atoms with Gasteiger partial charge in [0.25, 0.3) is 0 Å². The summed E-state index contributed by atoms with van der Waals surface area (Å²) >= 11 is 6.26. The molecule has 0 aromatic heterocycles. The molecule has 2 saturated carbocycles. The fraction of sp³-hybridized carbons (Fsp3) is 0.520. The molecule has 0 amide bonds. The molecule has 2 aromatic carbocycles. The fourth-order valence-corrected chi connectivity index (χ4v) is 7.09. The van der Waals surface area contributed by atoms with Crippen molar-refractivity contribution in [1.82, 2.24) is 0 Å². The number of aryl methyl sites for hydroxylation is 1. The van der Waals surface area contributed by atoms with Crippen molar-refractivity contribution >= 4 is 11.6 Å². The van der Waals surface area contributed by atoms with Gasteiger partial charge in [-0.1, -0.05) is 48.9 Å². The summed E-state index contributed by atoms with van der Waals surface area (Å²) in [5, 5.41) is 22.3. The summed E-state index contributed by atoms with van der Waals surface area (Å²) in [6, 6.07) is 14.4. The second kappa shape index (κ2) is 6.50. The van der Waals surface area contributed by atoms with Crippen LogP contribution in [0.4, 0.5) is 0 Å². The van der Waals surface area contributed by atoms with Crippen LogP contribution in [0.5, 0.6) is 5.75 Å². The fourth-order valence-electron chi connectivity index (χ4n) is 6.91. The highest BCUT2D eigenvalue weighted by atomic mass is 35.5. The quantitative estimate of drug-likeness (QED) is 0.665. The Kier molecular flexibility index (Phi) is 4.30. The van der Waals surface area contributed by atoms with Gasteiger partial charge in [-0.15, -0.1) is 0 Å². The maximum atomic E-state index is 11.8. The Labute approximate surface area is 172 Å². The molecule has 148 valence electrons. The van der Waals surface area contributed by atoms with Crippen molar-refractivity contribution in [2.24, 2.45) is 17.3 Å². The summed E-state index contributed by atoms with van der Waals surface area (Å²) in [4.78, 5) is 0. The van der Waals surface area contributed by atoms with Gasteiger partial charge in [0, 0.05) is 6.42 Å². The van der Waals surface area contributed by atoms with Gasteiger partial charge in [-0.05, 0) is 90.5 Å². The van der Waals surface area contributed by atoms with E-state index in [4.69, 9.17) is 11.6 Å². The van der Waals surface area contributed by atoms with Crippen molar-refractivity contribution < 1.29 is 10.2 Å². The van der Waals surface area contributed by atoms with Gasteiger partial charge in [-0.25, -0.2) is 0 Å². The lowest BCUT2D eigenvalue weighted by molar-refractivity contribution is -0.102. The Hall–Kier alpha value is -1.51. The number of aromatic hydroxyl groups is 1. The second-order valence-electron chi connectivity index (χ2n) is 9.61. The first-order chi connectivity index (χ1) is 13.4. The maximum Gasteiger partial charge on any atom is 0.134 e. The molecule has 0 bridgehead atoms. The zero-order valence-corrected chi connectivity index (χ0v) is 17.3. The van der Waals surface area contributed by atoms with E-state index in [1.807, 2.05) is 18.2 Å². The molecule has 0 radical (unpaired) electrons. The highest BCUT2D eigenvalue weighted by Gasteiger charge is 2.61. The van der Waals surface area contributed by atoms with Gasteiger partial charge in [0.15, 0.2) is 0 Å². The molecular weight excluding hydrogens is 368 g/mol. The van der Waals surface area contributed by atoms with Crippen LogP contribution in [0.2, 0.25) is 5.02 Å². The Morgan fingerprint density at radius 2 is 1.86 bits per heavy atom. The van der Waals surface area contributed by atoms with E-state index >= 15 is 0 Å². The van der Waals surface area contributed by atoms with Gasteiger partial charge >= 0.3 is 0 Å². The number of phenolic OH excluding ortho intramolecular Hbond substituents is 1. The monoisotopic (exact) mass is 396 g/mol. The largest absolute Gasteiger partial charge is 0.506 e. The molecule has 5 rings (SSSR count). The van der Waals surface area contributed by atoms with E-state index in [1.165, 1.54) is 16.7 Å². The van der Waals surface area contributed by atoms with Crippen LogP contribution >= 0.6 is 11.6 Å². The number of hydrogen-bond acceptors (Lipinski definition) is 2. The molecule has 2 nitrogen and oxygen atoms in total. The third-order valence-corrected chi connectivity index (χ3v) is 8.76. The van der Waals surface area contributed by atoms with E-state index in [9.17, 15) is 10.2 Å². The molecule has 2 fully saturated rings. The van der Waals surface area contributed by atoms with Gasteiger partial charge in [-0.3, -0.25) is 0 Å². The number of benzene rings is 2. The first-order valence-electron chi connectivity index (χ1n) is 10.7. The molecule has 0 spiro atoms. The predicted octanol–water partition coefficient (Wildman–Crippen LogP) is 5.88. The van der Waals surface area contributed by atoms with Gasteiger partial charge in [0.2, 0.25) is 0 Å². The molecule has 2 aromatic rings. The van der Waals surface area contributed by atoms with Gasteiger partial charge < -0.3 is 10.2 Å². The first kappa shape index (κ1) is 18.5. The minimum absolute atomic E-state index is 0.0256. The number of halogens is 1. The van der Waals surface area contributed by atoms with Crippen molar-refractivity contribution in [3.05, 3.63) is 64.2 Å². The van der Waals surface area contributed by atoms with Crippen LogP contribution < -0.4 is 0 Å². The van der Waals surface area contributed by atoms with E-state index in [2.05, 4.69) is 31.2 Å². The Morgan fingerprint density at radius 3 is 2.64 bits per heavy atom. The van der Waals surface area contributed by atoms with E-state index in [1.54, 1.807) is 0 Å². The number of rotatable bonds is 2. The zero-order chi connectivity index (χ0) is 19.5. The first-order valence-corrected chi connectivity index (χ1v) is 11.1. The highest BCUT2D eigenvalue weighted by molar-refractivity contribution is 6.32. The van der Waals surface area contributed by atoms with Crippen molar-refractivity contribution in [2.75, 3.05) is 0 Å². The molecular formula is C25H29ClO2. The summed E-state index contributed by atoms with van der Waals surface area (Å²) in [5.74, 6) is 1.88. The van der Waals surface area contributed by atoms with Gasteiger partial charge in [0.1, 0.15) is 5.75 Å². The number of aliphatic hydroxyl groups is 1. The summed E-state index contributed by atoms with van der Waals surface area (Å²) in [5.41, 5.74) is 3.22. The average Bonchev–Trinajstić information content (AvgIpc) is 2.94. The topological polar surface area (TPSA) is 40.5 Å². The lowest BCUT2D eigenvalue weighted by Crippen LogP contribution is -2.51.